The first-order chi connectivity index (χ1) is 16.4. The van der Waals surface area contributed by atoms with E-state index in [2.05, 4.69) is 5.32 Å². The maximum atomic E-state index is 12.8. The van der Waals surface area contributed by atoms with Crippen molar-refractivity contribution in [3.63, 3.8) is 0 Å². The van der Waals surface area contributed by atoms with Gasteiger partial charge in [0.1, 0.15) is 15.8 Å². The number of phenols is 1. The molecule has 1 aromatic heterocycles. The normalized spacial score (nSPS) is 14.5. The number of rotatable bonds is 8. The highest BCUT2D eigenvalue weighted by Gasteiger charge is 2.32. The molecule has 1 saturated heterocycles. The van der Waals surface area contributed by atoms with Gasteiger partial charge in [-0.3, -0.25) is 14.5 Å². The molecule has 1 aliphatic rings. The Kier molecular flexibility index (Phi) is 7.19. The van der Waals surface area contributed by atoms with E-state index in [1.807, 2.05) is 0 Å². The lowest BCUT2D eigenvalue weighted by atomic mass is 10.2. The standard InChI is InChI=1S/C24H20N2O6S2/c1-30-20-11-15(12-21-23(29)26(24(33)34-21)13-18-3-2-10-31-18)4-9-19(20)32-14-22(28)25-16-5-7-17(27)8-6-16/h2-12,27H,13-14H2,1H3,(H,25,28). The number of aromatic hydroxyl groups is 1. The van der Waals surface area contributed by atoms with Crippen molar-refractivity contribution in [3.8, 4) is 17.2 Å². The topological polar surface area (TPSA) is 101 Å². The fraction of sp³-hybridized carbons (Fsp3) is 0.125. The van der Waals surface area contributed by atoms with Gasteiger partial charge < -0.3 is 24.3 Å². The summed E-state index contributed by atoms with van der Waals surface area (Å²) in [4.78, 5) is 27.0. The van der Waals surface area contributed by atoms with E-state index in [1.165, 1.54) is 35.9 Å². The monoisotopic (exact) mass is 496 g/mol. The number of carbonyl (C=O) groups excluding carboxylic acids is 2. The Hall–Kier alpha value is -3.76. The van der Waals surface area contributed by atoms with E-state index in [9.17, 15) is 14.7 Å². The van der Waals surface area contributed by atoms with Gasteiger partial charge in [0.2, 0.25) is 0 Å². The lowest BCUT2D eigenvalue weighted by Gasteiger charge is -2.12. The van der Waals surface area contributed by atoms with Gasteiger partial charge in [0, 0.05) is 5.69 Å². The molecule has 3 aromatic rings. The van der Waals surface area contributed by atoms with E-state index < -0.39 is 0 Å². The summed E-state index contributed by atoms with van der Waals surface area (Å²) >= 11 is 6.57. The van der Waals surface area contributed by atoms with E-state index in [4.69, 9.17) is 26.1 Å². The minimum absolute atomic E-state index is 0.110. The highest BCUT2D eigenvalue weighted by Crippen LogP contribution is 2.35. The molecular weight excluding hydrogens is 476 g/mol. The zero-order valence-electron chi connectivity index (χ0n) is 18.0. The third kappa shape index (κ3) is 5.59. The number of methoxy groups -OCH3 is 1. The molecule has 0 spiro atoms. The Morgan fingerprint density at radius 3 is 2.71 bits per heavy atom. The number of nitrogens with zero attached hydrogens (tertiary/aromatic N) is 1. The molecular formula is C24H20N2O6S2. The first kappa shape index (κ1) is 23.4. The molecule has 10 heteroatoms. The Labute approximate surface area is 205 Å². The van der Waals surface area contributed by atoms with Gasteiger partial charge >= 0.3 is 0 Å². The molecule has 8 nitrogen and oxygen atoms in total. The average molecular weight is 497 g/mol. The van der Waals surface area contributed by atoms with Gasteiger partial charge in [-0.2, -0.15) is 0 Å². The molecule has 174 valence electrons. The summed E-state index contributed by atoms with van der Waals surface area (Å²) in [6, 6.07) is 14.8. The van der Waals surface area contributed by atoms with Crippen LogP contribution < -0.4 is 14.8 Å². The molecule has 0 unspecified atom stereocenters. The minimum Gasteiger partial charge on any atom is -0.508 e. The van der Waals surface area contributed by atoms with Crippen LogP contribution in [0, 0.1) is 0 Å². The van der Waals surface area contributed by atoms with Crippen molar-refractivity contribution in [1.29, 1.82) is 0 Å². The second-order valence-electron chi connectivity index (χ2n) is 7.14. The van der Waals surface area contributed by atoms with Gasteiger partial charge in [-0.25, -0.2) is 0 Å². The summed E-state index contributed by atoms with van der Waals surface area (Å²) in [5.41, 5.74) is 1.26. The van der Waals surface area contributed by atoms with Crippen LogP contribution in [-0.4, -0.2) is 39.9 Å². The Morgan fingerprint density at radius 1 is 1.21 bits per heavy atom. The molecule has 0 saturated carbocycles. The molecule has 2 heterocycles. The van der Waals surface area contributed by atoms with Gasteiger partial charge in [-0.05, 0) is 60.2 Å². The lowest BCUT2D eigenvalue weighted by Crippen LogP contribution is -2.27. The first-order valence-electron chi connectivity index (χ1n) is 10.1. The van der Waals surface area contributed by atoms with Crippen molar-refractivity contribution in [3.05, 3.63) is 77.1 Å². The number of ether oxygens (including phenoxy) is 2. The second kappa shape index (κ2) is 10.4. The Balaban J connectivity index is 1.41. The predicted molar refractivity (Wildman–Crippen MR) is 133 cm³/mol. The Morgan fingerprint density at radius 2 is 2.00 bits per heavy atom. The van der Waals surface area contributed by atoms with E-state index in [1.54, 1.807) is 54.8 Å². The third-order valence-electron chi connectivity index (χ3n) is 4.76. The average Bonchev–Trinajstić information content (AvgIpc) is 3.44. The highest BCUT2D eigenvalue weighted by atomic mass is 32.2. The number of furan rings is 1. The fourth-order valence-electron chi connectivity index (χ4n) is 3.12. The number of thioether (sulfide) groups is 1. The van der Waals surface area contributed by atoms with Gasteiger partial charge in [0.05, 0.1) is 24.8 Å². The molecule has 2 amide bonds. The number of nitrogens with one attached hydrogen (secondary N) is 1. The minimum atomic E-state index is -0.364. The van der Waals surface area contributed by atoms with Gasteiger partial charge in [0.15, 0.2) is 18.1 Å². The molecule has 2 aromatic carbocycles. The zero-order valence-corrected chi connectivity index (χ0v) is 19.7. The second-order valence-corrected chi connectivity index (χ2v) is 8.82. The summed E-state index contributed by atoms with van der Waals surface area (Å²) in [6.45, 7) is 0.0410. The number of benzene rings is 2. The molecule has 0 atom stereocenters. The first-order valence-corrected chi connectivity index (χ1v) is 11.3. The molecule has 1 fully saturated rings. The number of amides is 2. The fourth-order valence-corrected chi connectivity index (χ4v) is 4.38. The van der Waals surface area contributed by atoms with Crippen LogP contribution in [0.3, 0.4) is 0 Å². The summed E-state index contributed by atoms with van der Waals surface area (Å²) in [6.07, 6.45) is 3.28. The highest BCUT2D eigenvalue weighted by molar-refractivity contribution is 8.26. The predicted octanol–water partition coefficient (Wildman–Crippen LogP) is 4.41. The van der Waals surface area contributed by atoms with E-state index in [0.717, 1.165) is 5.56 Å². The van der Waals surface area contributed by atoms with Crippen LogP contribution in [0.15, 0.2) is 70.2 Å². The number of hydrogen-bond acceptors (Lipinski definition) is 8. The third-order valence-corrected chi connectivity index (χ3v) is 6.14. The number of hydrogen-bond donors (Lipinski definition) is 2. The van der Waals surface area contributed by atoms with Crippen molar-refractivity contribution in [1.82, 2.24) is 4.90 Å². The summed E-state index contributed by atoms with van der Waals surface area (Å²) < 4.78 is 16.8. The van der Waals surface area contributed by atoms with E-state index >= 15 is 0 Å². The van der Waals surface area contributed by atoms with Gasteiger partial charge in [-0.1, -0.05) is 30.0 Å². The number of phenolic OH excluding ortho intramolecular Hbond substituents is 1. The summed E-state index contributed by atoms with van der Waals surface area (Å²) in [5.74, 6) is 0.991. The molecule has 4 rings (SSSR count). The maximum Gasteiger partial charge on any atom is 0.266 e. The van der Waals surface area contributed by atoms with E-state index in [0.29, 0.717) is 32.2 Å². The number of carbonyl (C=O) groups is 2. The molecule has 2 N–H and O–H groups in total. The van der Waals surface area contributed by atoms with Crippen LogP contribution >= 0.6 is 24.0 Å². The van der Waals surface area contributed by atoms with Crippen molar-refractivity contribution in [2.75, 3.05) is 19.0 Å². The van der Waals surface area contributed by atoms with Crippen LogP contribution in [0.5, 0.6) is 17.2 Å². The largest absolute Gasteiger partial charge is 0.508 e. The maximum absolute atomic E-state index is 12.8. The van der Waals surface area contributed by atoms with Crippen molar-refractivity contribution in [2.45, 2.75) is 6.54 Å². The van der Waals surface area contributed by atoms with Gasteiger partial charge in [-0.15, -0.1) is 0 Å². The van der Waals surface area contributed by atoms with Gasteiger partial charge in [0.25, 0.3) is 11.8 Å². The zero-order chi connectivity index (χ0) is 24.1. The van der Waals surface area contributed by atoms with E-state index in [-0.39, 0.29) is 30.7 Å². The molecule has 0 aliphatic carbocycles. The Bertz CT molecular complexity index is 1240. The molecule has 34 heavy (non-hydrogen) atoms. The van der Waals surface area contributed by atoms with Crippen LogP contribution in [-0.2, 0) is 16.1 Å². The molecule has 0 radical (unpaired) electrons. The molecule has 1 aliphatic heterocycles. The van der Waals surface area contributed by atoms with Crippen molar-refractivity contribution < 1.29 is 28.6 Å². The quantitative estimate of drug-likeness (QED) is 0.269. The smallest absolute Gasteiger partial charge is 0.266 e. The SMILES string of the molecule is COc1cc(C=C2SC(=S)N(Cc3ccco3)C2=O)ccc1OCC(=O)Nc1ccc(O)cc1. The van der Waals surface area contributed by atoms with Crippen LogP contribution in [0.2, 0.25) is 0 Å². The lowest BCUT2D eigenvalue weighted by molar-refractivity contribution is -0.122. The van der Waals surface area contributed by atoms with Crippen molar-refractivity contribution in [2.24, 2.45) is 0 Å². The van der Waals surface area contributed by atoms with Crippen LogP contribution in [0.4, 0.5) is 5.69 Å². The number of anilines is 1. The number of thiocarbonyl (C=S) groups is 1. The van der Waals surface area contributed by atoms with Crippen LogP contribution in [0.25, 0.3) is 6.08 Å². The summed E-state index contributed by atoms with van der Waals surface area (Å²) in [7, 11) is 1.49. The van der Waals surface area contributed by atoms with Crippen LogP contribution in [0.1, 0.15) is 11.3 Å². The summed E-state index contributed by atoms with van der Waals surface area (Å²) in [5, 5.41) is 12.0. The van der Waals surface area contributed by atoms with Crippen molar-refractivity contribution >= 4 is 51.9 Å². The molecule has 0 bridgehead atoms.